The molecule has 3 N–H and O–H groups in total. The Morgan fingerprint density at radius 2 is 2.25 bits per heavy atom. The minimum Gasteiger partial charge on any atom is -0.399 e. The number of carbonyl (C=O) groups is 1. The van der Waals surface area contributed by atoms with E-state index in [1.54, 1.807) is 35.6 Å². The standard InChI is InChI=1S/C15H19N3OS/c1-11-10-20-14(18-11)7-2-3-8-17-15(19)12-5-4-6-13(16)9-12/h4-6,9-10H,2-3,7-8,16H2,1H3,(H,17,19). The molecule has 0 atom stereocenters. The van der Waals surface area contributed by atoms with Gasteiger partial charge in [0.2, 0.25) is 0 Å². The van der Waals surface area contributed by atoms with Gasteiger partial charge in [-0.05, 0) is 44.4 Å². The summed E-state index contributed by atoms with van der Waals surface area (Å²) in [5, 5.41) is 6.14. The van der Waals surface area contributed by atoms with E-state index in [0.29, 0.717) is 17.8 Å². The lowest BCUT2D eigenvalue weighted by Gasteiger charge is -2.05. The molecule has 0 aliphatic carbocycles. The molecule has 106 valence electrons. The number of unbranched alkanes of at least 4 members (excludes halogenated alkanes) is 1. The Morgan fingerprint density at radius 1 is 1.40 bits per heavy atom. The minimum absolute atomic E-state index is 0.0672. The van der Waals surface area contributed by atoms with Crippen molar-refractivity contribution in [3.05, 3.63) is 45.9 Å². The second-order valence-corrected chi connectivity index (χ2v) is 5.66. The average molecular weight is 289 g/mol. The van der Waals surface area contributed by atoms with Crippen LogP contribution in [0.5, 0.6) is 0 Å². The first kappa shape index (κ1) is 14.5. The lowest BCUT2D eigenvalue weighted by Crippen LogP contribution is -2.24. The highest BCUT2D eigenvalue weighted by atomic mass is 32.1. The van der Waals surface area contributed by atoms with Gasteiger partial charge < -0.3 is 11.1 Å². The Labute approximate surface area is 123 Å². The number of carbonyl (C=O) groups excluding carboxylic acids is 1. The number of benzene rings is 1. The second-order valence-electron chi connectivity index (χ2n) is 4.72. The van der Waals surface area contributed by atoms with Crippen LogP contribution in [0.15, 0.2) is 29.6 Å². The molecule has 0 aliphatic rings. The average Bonchev–Trinajstić information content (AvgIpc) is 2.84. The molecular formula is C15H19N3OS. The maximum atomic E-state index is 11.9. The molecule has 0 spiro atoms. The Balaban J connectivity index is 1.67. The molecule has 2 aromatic rings. The van der Waals surface area contributed by atoms with Gasteiger partial charge in [0.25, 0.3) is 5.91 Å². The number of aromatic nitrogens is 1. The molecule has 0 fully saturated rings. The van der Waals surface area contributed by atoms with Crippen LogP contribution in [0.2, 0.25) is 0 Å². The second kappa shape index (κ2) is 7.05. The highest BCUT2D eigenvalue weighted by Crippen LogP contribution is 2.11. The Kier molecular flexibility index (Phi) is 5.12. The number of nitrogens with one attached hydrogen (secondary N) is 1. The van der Waals surface area contributed by atoms with Crippen molar-refractivity contribution < 1.29 is 4.79 Å². The van der Waals surface area contributed by atoms with Gasteiger partial charge in [-0.25, -0.2) is 4.98 Å². The Bertz CT molecular complexity index is 580. The molecule has 1 amide bonds. The molecule has 0 bridgehead atoms. The summed E-state index contributed by atoms with van der Waals surface area (Å²) in [6.45, 7) is 2.68. The summed E-state index contributed by atoms with van der Waals surface area (Å²) in [7, 11) is 0. The first-order valence-corrected chi connectivity index (χ1v) is 7.58. The molecular weight excluding hydrogens is 270 g/mol. The van der Waals surface area contributed by atoms with Crippen LogP contribution < -0.4 is 11.1 Å². The van der Waals surface area contributed by atoms with Crippen LogP contribution >= 0.6 is 11.3 Å². The van der Waals surface area contributed by atoms with E-state index in [2.05, 4.69) is 15.7 Å². The summed E-state index contributed by atoms with van der Waals surface area (Å²) in [5.74, 6) is -0.0672. The zero-order chi connectivity index (χ0) is 14.4. The molecule has 20 heavy (non-hydrogen) atoms. The number of hydrogen-bond donors (Lipinski definition) is 2. The fraction of sp³-hybridized carbons (Fsp3) is 0.333. The van der Waals surface area contributed by atoms with E-state index in [-0.39, 0.29) is 5.91 Å². The van der Waals surface area contributed by atoms with E-state index in [0.717, 1.165) is 25.0 Å². The SMILES string of the molecule is Cc1csc(CCCCNC(=O)c2cccc(N)c2)n1. The largest absolute Gasteiger partial charge is 0.399 e. The molecule has 0 aliphatic heterocycles. The normalized spacial score (nSPS) is 10.4. The molecule has 2 rings (SSSR count). The van der Waals surface area contributed by atoms with Gasteiger partial charge in [-0.1, -0.05) is 6.07 Å². The molecule has 0 saturated heterocycles. The zero-order valence-corrected chi connectivity index (χ0v) is 12.4. The highest BCUT2D eigenvalue weighted by Gasteiger charge is 2.04. The summed E-state index contributed by atoms with van der Waals surface area (Å²) in [4.78, 5) is 16.3. The quantitative estimate of drug-likeness (QED) is 0.634. The molecule has 1 aromatic carbocycles. The Hall–Kier alpha value is -1.88. The van der Waals surface area contributed by atoms with Gasteiger partial charge in [0.1, 0.15) is 0 Å². The van der Waals surface area contributed by atoms with Crippen LogP contribution in [0.1, 0.15) is 33.9 Å². The summed E-state index contributed by atoms with van der Waals surface area (Å²) in [6, 6.07) is 7.01. The van der Waals surface area contributed by atoms with Crippen molar-refractivity contribution in [3.8, 4) is 0 Å². The molecule has 0 unspecified atom stereocenters. The third-order valence-electron chi connectivity index (χ3n) is 2.92. The number of rotatable bonds is 6. The van der Waals surface area contributed by atoms with Gasteiger partial charge >= 0.3 is 0 Å². The lowest BCUT2D eigenvalue weighted by molar-refractivity contribution is 0.0953. The van der Waals surface area contributed by atoms with E-state index >= 15 is 0 Å². The third-order valence-corrected chi connectivity index (χ3v) is 3.94. The zero-order valence-electron chi connectivity index (χ0n) is 11.6. The smallest absolute Gasteiger partial charge is 0.251 e. The van der Waals surface area contributed by atoms with Crippen molar-refractivity contribution in [2.24, 2.45) is 0 Å². The number of nitrogens with zero attached hydrogens (tertiary/aromatic N) is 1. The summed E-state index contributed by atoms with van der Waals surface area (Å²) in [6.07, 6.45) is 2.96. The number of thiazole rings is 1. The van der Waals surface area contributed by atoms with Gasteiger partial charge in [-0.15, -0.1) is 11.3 Å². The predicted octanol–water partition coefficient (Wildman–Crippen LogP) is 2.79. The number of aryl methyl sites for hydroxylation is 2. The molecule has 1 aromatic heterocycles. The topological polar surface area (TPSA) is 68.0 Å². The summed E-state index contributed by atoms with van der Waals surface area (Å²) < 4.78 is 0. The van der Waals surface area contributed by atoms with Crippen molar-refractivity contribution in [2.75, 3.05) is 12.3 Å². The molecule has 5 heteroatoms. The number of amides is 1. The van der Waals surface area contributed by atoms with Gasteiger partial charge in [0.15, 0.2) is 0 Å². The van der Waals surface area contributed by atoms with Gasteiger partial charge in [-0.3, -0.25) is 4.79 Å². The van der Waals surface area contributed by atoms with Crippen LogP contribution in [0.25, 0.3) is 0 Å². The number of anilines is 1. The number of nitrogens with two attached hydrogens (primary N) is 1. The summed E-state index contributed by atoms with van der Waals surface area (Å²) in [5.41, 5.74) is 7.96. The van der Waals surface area contributed by atoms with Crippen LogP contribution in [0.4, 0.5) is 5.69 Å². The fourth-order valence-electron chi connectivity index (χ4n) is 1.90. The van der Waals surface area contributed by atoms with Crippen LogP contribution in [0, 0.1) is 6.92 Å². The first-order valence-electron chi connectivity index (χ1n) is 6.70. The summed E-state index contributed by atoms with van der Waals surface area (Å²) >= 11 is 1.70. The van der Waals surface area contributed by atoms with Crippen molar-refractivity contribution in [2.45, 2.75) is 26.2 Å². The number of nitrogen functional groups attached to an aromatic ring is 1. The maximum Gasteiger partial charge on any atom is 0.251 e. The van der Waals surface area contributed by atoms with Crippen molar-refractivity contribution in [1.29, 1.82) is 0 Å². The monoisotopic (exact) mass is 289 g/mol. The van der Waals surface area contributed by atoms with Gasteiger partial charge in [-0.2, -0.15) is 0 Å². The van der Waals surface area contributed by atoms with Crippen molar-refractivity contribution in [1.82, 2.24) is 10.3 Å². The maximum absolute atomic E-state index is 11.9. The molecule has 0 radical (unpaired) electrons. The van der Waals surface area contributed by atoms with E-state index < -0.39 is 0 Å². The van der Waals surface area contributed by atoms with E-state index in [9.17, 15) is 4.79 Å². The van der Waals surface area contributed by atoms with E-state index in [1.807, 2.05) is 6.92 Å². The number of hydrogen-bond acceptors (Lipinski definition) is 4. The highest BCUT2D eigenvalue weighted by molar-refractivity contribution is 7.09. The van der Waals surface area contributed by atoms with Crippen LogP contribution in [-0.2, 0) is 6.42 Å². The van der Waals surface area contributed by atoms with Crippen LogP contribution in [0.3, 0.4) is 0 Å². The molecule has 1 heterocycles. The fourth-order valence-corrected chi connectivity index (χ4v) is 2.72. The predicted molar refractivity (Wildman–Crippen MR) is 83.0 cm³/mol. The van der Waals surface area contributed by atoms with Gasteiger partial charge in [0.05, 0.1) is 5.01 Å². The van der Waals surface area contributed by atoms with Crippen LogP contribution in [-0.4, -0.2) is 17.4 Å². The van der Waals surface area contributed by atoms with Crippen molar-refractivity contribution >= 4 is 22.9 Å². The van der Waals surface area contributed by atoms with E-state index in [1.165, 1.54) is 5.01 Å². The van der Waals surface area contributed by atoms with Gasteiger partial charge in [0, 0.05) is 28.9 Å². The first-order chi connectivity index (χ1) is 9.65. The molecule has 4 nitrogen and oxygen atoms in total. The minimum atomic E-state index is -0.0672. The van der Waals surface area contributed by atoms with E-state index in [4.69, 9.17) is 5.73 Å². The Morgan fingerprint density at radius 3 is 2.95 bits per heavy atom. The van der Waals surface area contributed by atoms with Crippen molar-refractivity contribution in [3.63, 3.8) is 0 Å². The lowest BCUT2D eigenvalue weighted by atomic mass is 10.2. The third kappa shape index (κ3) is 4.35. The molecule has 0 saturated carbocycles.